The third-order valence-electron chi connectivity index (χ3n) is 3.40. The average molecular weight is 276 g/mol. The van der Waals surface area contributed by atoms with Crippen LogP contribution in [0.4, 0.5) is 0 Å². The third kappa shape index (κ3) is 3.37. The molecule has 0 aliphatic heterocycles. The van der Waals surface area contributed by atoms with Crippen LogP contribution in [0.15, 0.2) is 0 Å². The molecule has 104 valence electrons. The van der Waals surface area contributed by atoms with Crippen molar-refractivity contribution in [3.8, 4) is 0 Å². The molecule has 6 nitrogen and oxygen atoms in total. The van der Waals surface area contributed by atoms with Crippen LogP contribution in [0.2, 0.25) is 0 Å². The summed E-state index contributed by atoms with van der Waals surface area (Å²) < 4.78 is 5.17. The Morgan fingerprint density at radius 1 is 1.33 bits per heavy atom. The summed E-state index contributed by atoms with van der Waals surface area (Å²) in [7, 11) is 0. The zero-order valence-corrected chi connectivity index (χ0v) is 11.1. The van der Waals surface area contributed by atoms with Gasteiger partial charge in [0.2, 0.25) is 5.54 Å². The van der Waals surface area contributed by atoms with Gasteiger partial charge >= 0.3 is 11.9 Å². The molecule has 1 atom stereocenters. The molecule has 5 N–H and O–H groups in total. The molecular formula is C11H20N2O4S. The second kappa shape index (κ2) is 6.40. The van der Waals surface area contributed by atoms with Crippen LogP contribution in [-0.4, -0.2) is 41.0 Å². The lowest BCUT2D eigenvalue weighted by molar-refractivity contribution is -0.164. The number of carbonyl (C=O) groups excluding carboxylic acids is 1. The van der Waals surface area contributed by atoms with Gasteiger partial charge in [-0.3, -0.25) is 0 Å². The maximum atomic E-state index is 11.8. The van der Waals surface area contributed by atoms with E-state index in [1.54, 1.807) is 0 Å². The van der Waals surface area contributed by atoms with E-state index in [4.69, 9.17) is 21.3 Å². The molecule has 0 aromatic carbocycles. The summed E-state index contributed by atoms with van der Waals surface area (Å²) in [4.78, 5) is 22.7. The first-order valence-electron chi connectivity index (χ1n) is 5.98. The molecule has 0 heterocycles. The fourth-order valence-corrected chi connectivity index (χ4v) is 2.23. The summed E-state index contributed by atoms with van der Waals surface area (Å²) in [5, 5.41) is 8.92. The summed E-state index contributed by atoms with van der Waals surface area (Å²) in [5.74, 6) is -2.16. The summed E-state index contributed by atoms with van der Waals surface area (Å²) in [6.45, 7) is 0.632. The molecule has 0 amide bonds. The van der Waals surface area contributed by atoms with Crippen LogP contribution < -0.4 is 11.5 Å². The van der Waals surface area contributed by atoms with Gasteiger partial charge in [-0.05, 0) is 38.1 Å². The lowest BCUT2D eigenvalue weighted by Crippen LogP contribution is -2.58. The first-order chi connectivity index (χ1) is 8.43. The minimum atomic E-state index is -2.06. The van der Waals surface area contributed by atoms with Crippen molar-refractivity contribution in [2.45, 2.75) is 37.3 Å². The van der Waals surface area contributed by atoms with Crippen LogP contribution in [0, 0.1) is 5.92 Å². The normalized spacial score (nSPS) is 27.3. The zero-order chi connectivity index (χ0) is 13.8. The first kappa shape index (κ1) is 15.3. The molecule has 1 fully saturated rings. The topological polar surface area (TPSA) is 116 Å². The van der Waals surface area contributed by atoms with Crippen molar-refractivity contribution < 1.29 is 19.4 Å². The fraction of sp³-hybridized carbons (Fsp3) is 0.818. The molecule has 0 spiro atoms. The predicted octanol–water partition coefficient (Wildman–Crippen LogP) is -0.241. The number of nitrogens with two attached hydrogens (primary N) is 2. The lowest BCUT2D eigenvalue weighted by atomic mass is 9.87. The summed E-state index contributed by atoms with van der Waals surface area (Å²) in [6.07, 6.45) is 2.92. The Bertz CT molecular complexity index is 318. The lowest BCUT2D eigenvalue weighted by Gasteiger charge is -2.30. The minimum absolute atomic E-state index is 0.262. The SMILES string of the molecule is NCC1CCC(OC(=O)[C@@](N)(CS)C(=O)O)CC1. The third-order valence-corrected chi connectivity index (χ3v) is 3.89. The van der Waals surface area contributed by atoms with Gasteiger partial charge in [0.1, 0.15) is 6.10 Å². The van der Waals surface area contributed by atoms with Gasteiger partial charge in [-0.15, -0.1) is 0 Å². The molecule has 0 radical (unpaired) electrons. The van der Waals surface area contributed by atoms with Gasteiger partial charge in [-0.2, -0.15) is 12.6 Å². The van der Waals surface area contributed by atoms with Crippen LogP contribution in [0.1, 0.15) is 25.7 Å². The zero-order valence-electron chi connectivity index (χ0n) is 10.2. The minimum Gasteiger partial charge on any atom is -0.479 e. The number of aliphatic carboxylic acids is 1. The highest BCUT2D eigenvalue weighted by Gasteiger charge is 2.44. The Kier molecular flexibility index (Phi) is 5.43. The monoisotopic (exact) mass is 276 g/mol. The van der Waals surface area contributed by atoms with Gasteiger partial charge in [-0.25, -0.2) is 9.59 Å². The maximum Gasteiger partial charge on any atom is 0.339 e. The smallest absolute Gasteiger partial charge is 0.339 e. The van der Waals surface area contributed by atoms with Crippen molar-refractivity contribution in [3.63, 3.8) is 0 Å². The van der Waals surface area contributed by atoms with Crippen LogP contribution in [0.3, 0.4) is 0 Å². The van der Waals surface area contributed by atoms with Gasteiger partial charge in [-0.1, -0.05) is 0 Å². The molecule has 7 heteroatoms. The van der Waals surface area contributed by atoms with Gasteiger partial charge in [0.15, 0.2) is 0 Å². The molecule has 0 aromatic heterocycles. The maximum absolute atomic E-state index is 11.8. The molecule has 1 saturated carbocycles. The Morgan fingerprint density at radius 2 is 1.89 bits per heavy atom. The summed E-state index contributed by atoms with van der Waals surface area (Å²) in [5.41, 5.74) is 8.99. The van der Waals surface area contributed by atoms with Crippen LogP contribution >= 0.6 is 12.6 Å². The highest BCUT2D eigenvalue weighted by atomic mass is 32.1. The molecule has 0 aromatic rings. The molecule has 1 rings (SSSR count). The van der Waals surface area contributed by atoms with E-state index < -0.39 is 17.5 Å². The average Bonchev–Trinajstić information content (AvgIpc) is 2.38. The van der Waals surface area contributed by atoms with Crippen LogP contribution in [0.25, 0.3) is 0 Å². The fourth-order valence-electron chi connectivity index (χ4n) is 1.96. The van der Waals surface area contributed by atoms with Crippen molar-refractivity contribution in [2.24, 2.45) is 17.4 Å². The van der Waals surface area contributed by atoms with Crippen LogP contribution in [-0.2, 0) is 14.3 Å². The largest absolute Gasteiger partial charge is 0.479 e. The Labute approximate surface area is 111 Å². The molecule has 1 aliphatic rings. The van der Waals surface area contributed by atoms with Gasteiger partial charge < -0.3 is 21.3 Å². The second-order valence-corrected chi connectivity index (χ2v) is 5.03. The Hall–Kier alpha value is -0.790. The van der Waals surface area contributed by atoms with E-state index >= 15 is 0 Å². The number of carbonyl (C=O) groups is 2. The van der Waals surface area contributed by atoms with E-state index in [1.165, 1.54) is 0 Å². The van der Waals surface area contributed by atoms with E-state index in [2.05, 4.69) is 12.6 Å². The van der Waals surface area contributed by atoms with Crippen molar-refractivity contribution in [2.75, 3.05) is 12.3 Å². The van der Waals surface area contributed by atoms with Crippen molar-refractivity contribution in [1.29, 1.82) is 0 Å². The molecule has 1 aliphatic carbocycles. The number of hydrogen-bond acceptors (Lipinski definition) is 6. The van der Waals surface area contributed by atoms with Gasteiger partial charge in [0.05, 0.1) is 0 Å². The summed E-state index contributed by atoms with van der Waals surface area (Å²) >= 11 is 3.80. The Balaban J connectivity index is 2.53. The molecule has 0 bridgehead atoms. The Morgan fingerprint density at radius 3 is 2.28 bits per heavy atom. The number of thiol groups is 1. The predicted molar refractivity (Wildman–Crippen MR) is 69.3 cm³/mol. The standard InChI is InChI=1S/C11H20N2O4S/c12-5-7-1-3-8(4-2-7)17-10(16)11(13,6-18)9(14)15/h7-8,18H,1-6,12-13H2,(H,14,15)/t7?,8?,11-/m1/s1. The molecule has 18 heavy (non-hydrogen) atoms. The van der Waals surface area contributed by atoms with Crippen molar-refractivity contribution in [3.05, 3.63) is 0 Å². The highest BCUT2D eigenvalue weighted by Crippen LogP contribution is 2.26. The second-order valence-electron chi connectivity index (χ2n) is 4.72. The van der Waals surface area contributed by atoms with Crippen LogP contribution in [0.5, 0.6) is 0 Å². The van der Waals surface area contributed by atoms with Gasteiger partial charge in [0.25, 0.3) is 0 Å². The number of hydrogen-bond donors (Lipinski definition) is 4. The quantitative estimate of drug-likeness (QED) is 0.313. The van der Waals surface area contributed by atoms with E-state index in [1.807, 2.05) is 0 Å². The first-order valence-corrected chi connectivity index (χ1v) is 6.61. The number of esters is 1. The van der Waals surface area contributed by atoms with E-state index in [0.717, 1.165) is 12.8 Å². The van der Waals surface area contributed by atoms with E-state index in [0.29, 0.717) is 25.3 Å². The molecule has 0 saturated heterocycles. The number of carboxylic acids is 1. The van der Waals surface area contributed by atoms with E-state index in [-0.39, 0.29) is 11.9 Å². The van der Waals surface area contributed by atoms with Crippen molar-refractivity contribution in [1.82, 2.24) is 0 Å². The highest BCUT2D eigenvalue weighted by molar-refractivity contribution is 7.80. The van der Waals surface area contributed by atoms with Crippen molar-refractivity contribution >= 4 is 24.6 Å². The number of carboxylic acid groups (broad SMARTS) is 1. The molecule has 0 unspecified atom stereocenters. The molecular weight excluding hydrogens is 256 g/mol. The number of rotatable bonds is 5. The van der Waals surface area contributed by atoms with Gasteiger partial charge in [0, 0.05) is 5.75 Å². The summed E-state index contributed by atoms with van der Waals surface area (Å²) in [6, 6.07) is 0. The van der Waals surface area contributed by atoms with E-state index in [9.17, 15) is 9.59 Å². The number of ether oxygens (including phenoxy) is 1.